The van der Waals surface area contributed by atoms with Crippen LogP contribution in [0.25, 0.3) is 0 Å². The van der Waals surface area contributed by atoms with Gasteiger partial charge in [0.05, 0.1) is 31.3 Å². The Kier molecular flexibility index (Phi) is 39.1. The number of carbonyl (C=O) groups is 1. The van der Waals surface area contributed by atoms with Crippen LogP contribution in [0.5, 0.6) is 0 Å². The summed E-state index contributed by atoms with van der Waals surface area (Å²) >= 11 is 0. The molecule has 49 heavy (non-hydrogen) atoms. The fraction of sp³-hybridized carbons (Fsp3) is 0.932. The van der Waals surface area contributed by atoms with Crippen molar-refractivity contribution in [2.45, 2.75) is 257 Å². The number of hydrogen-bond acceptors (Lipinski definition) is 4. The van der Waals surface area contributed by atoms with Crippen LogP contribution in [-0.2, 0) is 4.79 Å². The Bertz CT molecular complexity index is 684. The van der Waals surface area contributed by atoms with E-state index in [4.69, 9.17) is 0 Å². The minimum Gasteiger partial charge on any atom is -0.394 e. The molecule has 0 aromatic heterocycles. The van der Waals surface area contributed by atoms with Crippen molar-refractivity contribution in [1.29, 1.82) is 0 Å². The predicted octanol–water partition coefficient (Wildman–Crippen LogP) is 12.4. The van der Waals surface area contributed by atoms with Gasteiger partial charge in [-0.15, -0.1) is 0 Å². The average molecular weight is 694 g/mol. The van der Waals surface area contributed by atoms with E-state index >= 15 is 0 Å². The molecule has 0 radical (unpaired) electrons. The van der Waals surface area contributed by atoms with Crippen LogP contribution in [0.4, 0.5) is 0 Å². The van der Waals surface area contributed by atoms with Crippen LogP contribution in [0.3, 0.4) is 0 Å². The molecule has 0 aliphatic heterocycles. The topological polar surface area (TPSA) is 89.8 Å². The van der Waals surface area contributed by atoms with Crippen molar-refractivity contribution < 1.29 is 20.1 Å². The SMILES string of the molecule is CCCCCCCCCCCCC/C=C\CCCCCCCC(O)CC(=O)NC(CO)C(O)CCCCCCCCCCCCCCCC. The van der Waals surface area contributed by atoms with Crippen molar-refractivity contribution in [2.24, 2.45) is 0 Å². The molecule has 0 rings (SSSR count). The average Bonchev–Trinajstić information content (AvgIpc) is 3.09. The van der Waals surface area contributed by atoms with Gasteiger partial charge in [0, 0.05) is 0 Å². The highest BCUT2D eigenvalue weighted by Gasteiger charge is 2.21. The van der Waals surface area contributed by atoms with E-state index in [0.29, 0.717) is 12.8 Å². The molecule has 0 aromatic rings. The Hall–Kier alpha value is -0.910. The first-order chi connectivity index (χ1) is 24.0. The number of aliphatic hydroxyl groups is 3. The first-order valence-corrected chi connectivity index (χ1v) is 22.0. The summed E-state index contributed by atoms with van der Waals surface area (Å²) in [6.45, 7) is 4.27. The molecule has 0 aromatic carbocycles. The maximum Gasteiger partial charge on any atom is 0.222 e. The number of aliphatic hydroxyl groups excluding tert-OH is 3. The summed E-state index contributed by atoms with van der Waals surface area (Å²) in [6.07, 6.45) is 46.0. The van der Waals surface area contributed by atoms with Crippen molar-refractivity contribution in [3.05, 3.63) is 12.2 Å². The van der Waals surface area contributed by atoms with Gasteiger partial charge >= 0.3 is 0 Å². The molecule has 3 atom stereocenters. The molecule has 0 heterocycles. The first kappa shape index (κ1) is 48.1. The van der Waals surface area contributed by atoms with E-state index in [-0.39, 0.29) is 18.9 Å². The standard InChI is InChI=1S/C44H87NO4/c1-3-5-7-9-11-13-15-17-19-20-21-22-23-24-25-27-29-31-33-35-37-41(47)39-44(49)45-42(40-46)43(48)38-36-34-32-30-28-26-18-16-14-12-10-8-6-4-2/h23-24,41-43,46-48H,3-22,25-40H2,1-2H3,(H,45,49)/b24-23-. The third kappa shape index (κ3) is 36.7. The van der Waals surface area contributed by atoms with Crippen molar-refractivity contribution in [1.82, 2.24) is 5.32 Å². The lowest BCUT2D eigenvalue weighted by Crippen LogP contribution is -2.46. The largest absolute Gasteiger partial charge is 0.394 e. The molecule has 292 valence electrons. The molecular weight excluding hydrogens is 606 g/mol. The maximum atomic E-state index is 12.4. The molecule has 5 nitrogen and oxygen atoms in total. The molecule has 0 saturated carbocycles. The second-order valence-electron chi connectivity index (χ2n) is 15.3. The van der Waals surface area contributed by atoms with Crippen molar-refractivity contribution in [2.75, 3.05) is 6.61 Å². The summed E-state index contributed by atoms with van der Waals surface area (Å²) in [6, 6.07) is -0.657. The number of carbonyl (C=O) groups excluding carboxylic acids is 1. The van der Waals surface area contributed by atoms with Crippen molar-refractivity contribution in [3.8, 4) is 0 Å². The highest BCUT2D eigenvalue weighted by Crippen LogP contribution is 2.16. The lowest BCUT2D eigenvalue weighted by atomic mass is 10.0. The Morgan fingerprint density at radius 2 is 0.816 bits per heavy atom. The zero-order valence-electron chi connectivity index (χ0n) is 33.1. The smallest absolute Gasteiger partial charge is 0.222 e. The molecule has 0 bridgehead atoms. The molecule has 0 spiro atoms. The molecule has 0 aliphatic rings. The van der Waals surface area contributed by atoms with Gasteiger partial charge in [-0.1, -0.05) is 206 Å². The van der Waals surface area contributed by atoms with Crippen LogP contribution < -0.4 is 5.32 Å². The summed E-state index contributed by atoms with van der Waals surface area (Å²) in [7, 11) is 0. The molecule has 4 N–H and O–H groups in total. The summed E-state index contributed by atoms with van der Waals surface area (Å²) in [4.78, 5) is 12.4. The van der Waals surface area contributed by atoms with Gasteiger partial charge in [-0.2, -0.15) is 0 Å². The van der Waals surface area contributed by atoms with Gasteiger partial charge in [0.1, 0.15) is 0 Å². The first-order valence-electron chi connectivity index (χ1n) is 22.0. The van der Waals surface area contributed by atoms with Crippen molar-refractivity contribution >= 4 is 5.91 Å². The number of rotatable bonds is 40. The van der Waals surface area contributed by atoms with Crippen LogP contribution in [0.1, 0.15) is 239 Å². The molecule has 1 amide bonds. The third-order valence-corrected chi connectivity index (χ3v) is 10.3. The van der Waals surface area contributed by atoms with Gasteiger partial charge in [0.25, 0.3) is 0 Å². The van der Waals surface area contributed by atoms with E-state index in [1.54, 1.807) is 0 Å². The quantitative estimate of drug-likeness (QED) is 0.0380. The zero-order chi connectivity index (χ0) is 35.9. The van der Waals surface area contributed by atoms with E-state index in [9.17, 15) is 20.1 Å². The van der Waals surface area contributed by atoms with E-state index < -0.39 is 18.2 Å². The summed E-state index contributed by atoms with van der Waals surface area (Å²) < 4.78 is 0. The molecular formula is C44H87NO4. The highest BCUT2D eigenvalue weighted by atomic mass is 16.3. The van der Waals surface area contributed by atoms with Gasteiger partial charge in [0.2, 0.25) is 5.91 Å². The van der Waals surface area contributed by atoms with Gasteiger partial charge in [-0.05, 0) is 38.5 Å². The van der Waals surface area contributed by atoms with Crippen LogP contribution in [-0.4, -0.2) is 46.1 Å². The third-order valence-electron chi connectivity index (χ3n) is 10.3. The summed E-state index contributed by atoms with van der Waals surface area (Å²) in [5.74, 6) is -0.286. The molecule has 3 unspecified atom stereocenters. The molecule has 0 fully saturated rings. The molecule has 0 aliphatic carbocycles. The predicted molar refractivity (Wildman–Crippen MR) is 213 cm³/mol. The number of unbranched alkanes of at least 4 members (excludes halogenated alkanes) is 29. The van der Waals surface area contributed by atoms with Crippen LogP contribution in [0.2, 0.25) is 0 Å². The van der Waals surface area contributed by atoms with Gasteiger partial charge in [-0.25, -0.2) is 0 Å². The second-order valence-corrected chi connectivity index (χ2v) is 15.3. The molecule has 0 saturated heterocycles. The van der Waals surface area contributed by atoms with Gasteiger partial charge in [-0.3, -0.25) is 4.79 Å². The lowest BCUT2D eigenvalue weighted by molar-refractivity contribution is -0.125. The monoisotopic (exact) mass is 694 g/mol. The Labute approximate surface area is 306 Å². The second kappa shape index (κ2) is 39.9. The number of allylic oxidation sites excluding steroid dienone is 2. The Balaban J connectivity index is 3.61. The van der Waals surface area contributed by atoms with Gasteiger partial charge < -0.3 is 20.6 Å². The fourth-order valence-electron chi connectivity index (χ4n) is 6.93. The van der Waals surface area contributed by atoms with Crippen LogP contribution in [0.15, 0.2) is 12.2 Å². The fourth-order valence-corrected chi connectivity index (χ4v) is 6.93. The Morgan fingerprint density at radius 1 is 0.490 bits per heavy atom. The number of hydrogen-bond donors (Lipinski definition) is 4. The maximum absolute atomic E-state index is 12.4. The normalized spacial score (nSPS) is 13.7. The van der Waals surface area contributed by atoms with E-state index in [1.807, 2.05) is 0 Å². The Morgan fingerprint density at radius 3 is 1.18 bits per heavy atom. The molecule has 5 heteroatoms. The minimum absolute atomic E-state index is 0.0337. The highest BCUT2D eigenvalue weighted by molar-refractivity contribution is 5.76. The van der Waals surface area contributed by atoms with E-state index in [1.165, 1.54) is 173 Å². The summed E-state index contributed by atoms with van der Waals surface area (Å²) in [5, 5.41) is 33.4. The number of amides is 1. The van der Waals surface area contributed by atoms with Crippen LogP contribution in [0, 0.1) is 0 Å². The number of nitrogens with one attached hydrogen (secondary N) is 1. The van der Waals surface area contributed by atoms with Crippen LogP contribution >= 0.6 is 0 Å². The van der Waals surface area contributed by atoms with Crippen molar-refractivity contribution in [3.63, 3.8) is 0 Å². The van der Waals surface area contributed by atoms with E-state index in [0.717, 1.165) is 32.1 Å². The van der Waals surface area contributed by atoms with Gasteiger partial charge in [0.15, 0.2) is 0 Å². The lowest BCUT2D eigenvalue weighted by Gasteiger charge is -2.23. The summed E-state index contributed by atoms with van der Waals surface area (Å²) in [5.41, 5.74) is 0. The minimum atomic E-state index is -0.747. The zero-order valence-corrected chi connectivity index (χ0v) is 33.1. The van der Waals surface area contributed by atoms with E-state index in [2.05, 4.69) is 31.3 Å².